The van der Waals surface area contributed by atoms with Gasteiger partial charge in [0.15, 0.2) is 0 Å². The van der Waals surface area contributed by atoms with Gasteiger partial charge >= 0.3 is 5.97 Å². The van der Waals surface area contributed by atoms with E-state index in [1.807, 2.05) is 32.0 Å². The number of aliphatic carboxylic acids is 1. The molecule has 1 unspecified atom stereocenters. The first-order valence-electron chi connectivity index (χ1n) is 6.21. The molecule has 0 saturated heterocycles. The number of halogens is 1. The van der Waals surface area contributed by atoms with E-state index in [2.05, 4.69) is 0 Å². The minimum Gasteiger partial charge on any atom is -0.478 e. The molecule has 0 spiro atoms. The highest BCUT2D eigenvalue weighted by molar-refractivity contribution is 5.75. The summed E-state index contributed by atoms with van der Waals surface area (Å²) < 4.78 is 19.3. The van der Waals surface area contributed by atoms with Gasteiger partial charge in [-0.1, -0.05) is 36.4 Å². The molecule has 2 aromatic carbocycles. The molecular weight excluding hydrogens is 259 g/mol. The first kappa shape index (κ1) is 14.1. The van der Waals surface area contributed by atoms with Crippen LogP contribution in [0.15, 0.2) is 42.5 Å². The summed E-state index contributed by atoms with van der Waals surface area (Å²) >= 11 is 0. The molecule has 4 heteroatoms. The predicted octanol–water partition coefficient (Wildman–Crippen LogP) is 3.65. The molecule has 0 aliphatic carbocycles. The zero-order valence-electron chi connectivity index (χ0n) is 11.3. The SMILES string of the molecule is Cc1cccc(C)c1OC(C(=O)O)c1ccccc1F. The molecule has 0 radical (unpaired) electrons. The lowest BCUT2D eigenvalue weighted by atomic mass is 10.1. The van der Waals surface area contributed by atoms with Gasteiger partial charge < -0.3 is 9.84 Å². The van der Waals surface area contributed by atoms with Gasteiger partial charge in [0.25, 0.3) is 0 Å². The maximum atomic E-state index is 13.8. The minimum absolute atomic E-state index is 0.0163. The van der Waals surface area contributed by atoms with E-state index in [-0.39, 0.29) is 5.56 Å². The summed E-state index contributed by atoms with van der Waals surface area (Å²) in [6, 6.07) is 11.2. The fraction of sp³-hybridized carbons (Fsp3) is 0.188. The maximum Gasteiger partial charge on any atom is 0.349 e. The van der Waals surface area contributed by atoms with Crippen molar-refractivity contribution in [3.8, 4) is 5.75 Å². The summed E-state index contributed by atoms with van der Waals surface area (Å²) in [5, 5.41) is 9.30. The Balaban J connectivity index is 2.42. The molecule has 1 N–H and O–H groups in total. The Morgan fingerprint density at radius 3 is 2.25 bits per heavy atom. The molecule has 1 atom stereocenters. The molecule has 3 nitrogen and oxygen atoms in total. The molecule has 0 bridgehead atoms. The van der Waals surface area contributed by atoms with Crippen LogP contribution < -0.4 is 4.74 Å². The van der Waals surface area contributed by atoms with Crippen LogP contribution in [0.3, 0.4) is 0 Å². The van der Waals surface area contributed by atoms with E-state index in [0.29, 0.717) is 5.75 Å². The van der Waals surface area contributed by atoms with Crippen molar-refractivity contribution in [3.63, 3.8) is 0 Å². The second-order valence-electron chi connectivity index (χ2n) is 4.58. The maximum absolute atomic E-state index is 13.8. The van der Waals surface area contributed by atoms with Crippen molar-refractivity contribution in [1.82, 2.24) is 0 Å². The fourth-order valence-corrected chi connectivity index (χ4v) is 2.04. The highest BCUT2D eigenvalue weighted by Gasteiger charge is 2.26. The normalized spacial score (nSPS) is 11.9. The van der Waals surface area contributed by atoms with E-state index >= 15 is 0 Å². The van der Waals surface area contributed by atoms with E-state index in [4.69, 9.17) is 4.74 Å². The second kappa shape index (κ2) is 5.74. The van der Waals surface area contributed by atoms with Crippen molar-refractivity contribution in [2.75, 3.05) is 0 Å². The van der Waals surface area contributed by atoms with E-state index in [1.165, 1.54) is 18.2 Å². The number of rotatable bonds is 4. The number of carboxylic acids is 1. The molecule has 0 aliphatic heterocycles. The third kappa shape index (κ3) is 2.79. The Labute approximate surface area is 116 Å². The smallest absolute Gasteiger partial charge is 0.349 e. The standard InChI is InChI=1S/C16H15FO3/c1-10-6-5-7-11(2)14(10)20-15(16(18)19)12-8-3-4-9-13(12)17/h3-9,15H,1-2H3,(H,18,19). The van der Waals surface area contributed by atoms with Gasteiger partial charge in [-0.2, -0.15) is 0 Å². The third-order valence-electron chi connectivity index (χ3n) is 3.06. The number of hydrogen-bond acceptors (Lipinski definition) is 2. The van der Waals surface area contributed by atoms with Gasteiger partial charge in [0.1, 0.15) is 11.6 Å². The number of carbonyl (C=O) groups is 1. The van der Waals surface area contributed by atoms with Gasteiger partial charge in [0.05, 0.1) is 0 Å². The van der Waals surface area contributed by atoms with Crippen molar-refractivity contribution >= 4 is 5.97 Å². The molecule has 0 saturated carbocycles. The van der Waals surface area contributed by atoms with Crippen LogP contribution in [0.5, 0.6) is 5.75 Å². The molecule has 0 aromatic heterocycles. The highest BCUT2D eigenvalue weighted by Crippen LogP contribution is 2.29. The van der Waals surface area contributed by atoms with Crippen molar-refractivity contribution in [2.24, 2.45) is 0 Å². The lowest BCUT2D eigenvalue weighted by Gasteiger charge is -2.19. The quantitative estimate of drug-likeness (QED) is 0.925. The number of para-hydroxylation sites is 1. The summed E-state index contributed by atoms with van der Waals surface area (Å²) in [6.45, 7) is 3.64. The van der Waals surface area contributed by atoms with Crippen LogP contribution >= 0.6 is 0 Å². The first-order chi connectivity index (χ1) is 9.50. The molecule has 0 amide bonds. The molecule has 2 rings (SSSR count). The van der Waals surface area contributed by atoms with Crippen LogP contribution in [0.4, 0.5) is 4.39 Å². The Hall–Kier alpha value is -2.36. The topological polar surface area (TPSA) is 46.5 Å². The van der Waals surface area contributed by atoms with Crippen LogP contribution in [0.1, 0.15) is 22.8 Å². The number of hydrogen-bond donors (Lipinski definition) is 1. The summed E-state index contributed by atoms with van der Waals surface area (Å²) in [4.78, 5) is 11.4. The molecular formula is C16H15FO3. The summed E-state index contributed by atoms with van der Waals surface area (Å²) in [5.41, 5.74) is 1.64. The Bertz CT molecular complexity index is 617. The van der Waals surface area contributed by atoms with Crippen LogP contribution in [0, 0.1) is 19.7 Å². The largest absolute Gasteiger partial charge is 0.478 e. The van der Waals surface area contributed by atoms with Gasteiger partial charge in [-0.25, -0.2) is 9.18 Å². The number of carboxylic acid groups (broad SMARTS) is 1. The van der Waals surface area contributed by atoms with Crippen LogP contribution in [-0.4, -0.2) is 11.1 Å². The van der Waals surface area contributed by atoms with Crippen LogP contribution in [-0.2, 0) is 4.79 Å². The van der Waals surface area contributed by atoms with Gasteiger partial charge in [-0.05, 0) is 31.0 Å². The number of ether oxygens (including phenoxy) is 1. The predicted molar refractivity (Wildman–Crippen MR) is 73.3 cm³/mol. The number of aryl methyl sites for hydroxylation is 2. The van der Waals surface area contributed by atoms with Crippen molar-refractivity contribution in [2.45, 2.75) is 20.0 Å². The van der Waals surface area contributed by atoms with Gasteiger partial charge in [0, 0.05) is 5.56 Å². The molecule has 0 aliphatic rings. The zero-order chi connectivity index (χ0) is 14.7. The van der Waals surface area contributed by atoms with Crippen molar-refractivity contribution in [1.29, 1.82) is 0 Å². The molecule has 0 heterocycles. The lowest BCUT2D eigenvalue weighted by Crippen LogP contribution is -2.20. The first-order valence-corrected chi connectivity index (χ1v) is 6.21. The minimum atomic E-state index is -1.36. The van der Waals surface area contributed by atoms with Crippen molar-refractivity contribution in [3.05, 3.63) is 65.0 Å². The monoisotopic (exact) mass is 274 g/mol. The van der Waals surface area contributed by atoms with Gasteiger partial charge in [0.2, 0.25) is 6.10 Å². The van der Waals surface area contributed by atoms with E-state index < -0.39 is 17.9 Å². The Kier molecular flexibility index (Phi) is 4.03. The van der Waals surface area contributed by atoms with E-state index in [0.717, 1.165) is 11.1 Å². The molecule has 2 aromatic rings. The summed E-state index contributed by atoms with van der Waals surface area (Å²) in [7, 11) is 0. The third-order valence-corrected chi connectivity index (χ3v) is 3.06. The zero-order valence-corrected chi connectivity index (χ0v) is 11.3. The average Bonchev–Trinajstić information content (AvgIpc) is 2.39. The van der Waals surface area contributed by atoms with Crippen LogP contribution in [0.2, 0.25) is 0 Å². The van der Waals surface area contributed by atoms with Gasteiger partial charge in [-0.15, -0.1) is 0 Å². The molecule has 104 valence electrons. The summed E-state index contributed by atoms with van der Waals surface area (Å²) in [6.07, 6.45) is -1.36. The Morgan fingerprint density at radius 1 is 1.10 bits per heavy atom. The second-order valence-corrected chi connectivity index (χ2v) is 4.58. The van der Waals surface area contributed by atoms with E-state index in [1.54, 1.807) is 6.07 Å². The fourth-order valence-electron chi connectivity index (χ4n) is 2.04. The molecule has 0 fully saturated rings. The van der Waals surface area contributed by atoms with E-state index in [9.17, 15) is 14.3 Å². The van der Waals surface area contributed by atoms with Crippen molar-refractivity contribution < 1.29 is 19.0 Å². The number of benzene rings is 2. The van der Waals surface area contributed by atoms with Gasteiger partial charge in [-0.3, -0.25) is 0 Å². The van der Waals surface area contributed by atoms with Crippen LogP contribution in [0.25, 0.3) is 0 Å². The summed E-state index contributed by atoms with van der Waals surface area (Å²) in [5.74, 6) is -1.34. The Morgan fingerprint density at radius 2 is 1.70 bits per heavy atom. The lowest BCUT2D eigenvalue weighted by molar-refractivity contribution is -0.145. The highest BCUT2D eigenvalue weighted by atomic mass is 19.1. The average molecular weight is 274 g/mol. The molecule has 20 heavy (non-hydrogen) atoms.